The first-order chi connectivity index (χ1) is 18.9. The van der Waals surface area contributed by atoms with Gasteiger partial charge in [-0.15, -0.1) is 0 Å². The molecule has 0 aliphatic heterocycles. The molecular formula is C36H26N2. The van der Waals surface area contributed by atoms with Gasteiger partial charge in [0.25, 0.3) is 0 Å². The summed E-state index contributed by atoms with van der Waals surface area (Å²) in [6.07, 6.45) is 8.68. The van der Waals surface area contributed by atoms with Crippen molar-refractivity contribution in [3.8, 4) is 16.8 Å². The van der Waals surface area contributed by atoms with E-state index in [1.807, 2.05) is 0 Å². The lowest BCUT2D eigenvalue weighted by molar-refractivity contribution is 0.918. The number of hydrogen-bond donors (Lipinski definition) is 0. The van der Waals surface area contributed by atoms with Crippen LogP contribution in [-0.4, -0.2) is 4.57 Å². The van der Waals surface area contributed by atoms with E-state index in [-0.39, 0.29) is 0 Å². The monoisotopic (exact) mass is 486 g/mol. The first-order valence-corrected chi connectivity index (χ1v) is 13.1. The van der Waals surface area contributed by atoms with E-state index in [1.54, 1.807) is 0 Å². The van der Waals surface area contributed by atoms with Crippen molar-refractivity contribution >= 4 is 33.2 Å². The predicted molar refractivity (Wildman–Crippen MR) is 159 cm³/mol. The molecule has 0 spiro atoms. The van der Waals surface area contributed by atoms with Crippen LogP contribution in [0, 0.1) is 12.1 Å². The zero-order valence-electron chi connectivity index (χ0n) is 21.0. The van der Waals surface area contributed by atoms with E-state index in [2.05, 4.69) is 155 Å². The molecule has 180 valence electrons. The second-order valence-corrected chi connectivity index (χ2v) is 9.57. The summed E-state index contributed by atoms with van der Waals surface area (Å²) in [6.45, 7) is 0. The third-order valence-corrected chi connectivity index (χ3v) is 7.26. The summed E-state index contributed by atoms with van der Waals surface area (Å²) in [7, 11) is 0. The molecule has 1 heterocycles. The molecule has 0 radical (unpaired) electrons. The molecule has 0 amide bonds. The van der Waals surface area contributed by atoms with E-state index in [9.17, 15) is 0 Å². The Balaban J connectivity index is 1.46. The third kappa shape index (κ3) is 3.77. The molecular weight excluding hydrogens is 460 g/mol. The number of hydrogen-bond acceptors (Lipinski definition) is 1. The van der Waals surface area contributed by atoms with E-state index < -0.39 is 0 Å². The minimum Gasteiger partial charge on any atom is -0.314 e. The minimum atomic E-state index is 0.997. The number of allylic oxidation sites excluding steroid dienone is 4. The van der Waals surface area contributed by atoms with Crippen molar-refractivity contribution in [1.29, 1.82) is 0 Å². The molecule has 1 aliphatic rings. The Morgan fingerprint density at radius 1 is 0.684 bits per heavy atom. The Hall–Kier alpha value is -5.00. The van der Waals surface area contributed by atoms with Crippen molar-refractivity contribution in [2.24, 2.45) is 0 Å². The number of nitrogens with zero attached hydrogens (tertiary/aromatic N) is 2. The molecule has 6 aromatic rings. The highest BCUT2D eigenvalue weighted by molar-refractivity contribution is 6.09. The van der Waals surface area contributed by atoms with Crippen molar-refractivity contribution in [2.75, 3.05) is 4.90 Å². The fourth-order valence-corrected chi connectivity index (χ4v) is 5.54. The highest BCUT2D eigenvalue weighted by atomic mass is 15.2. The minimum absolute atomic E-state index is 0.997. The van der Waals surface area contributed by atoms with Crippen molar-refractivity contribution in [3.63, 3.8) is 0 Å². The van der Waals surface area contributed by atoms with E-state index in [4.69, 9.17) is 0 Å². The quantitative estimate of drug-likeness (QED) is 0.236. The maximum atomic E-state index is 3.55. The Labute approximate surface area is 223 Å². The van der Waals surface area contributed by atoms with Gasteiger partial charge in [-0.1, -0.05) is 97.1 Å². The standard InChI is InChI=1S/C36H26N2/c1-4-14-28(15-5-1)37(29-16-6-2-7-17-29)34-22-12-10-20-31(34)27-24-25-33-32-21-11-13-23-35(32)38(36(33)26-27)30-18-8-3-9-19-30/h1-6,8-16,18-23,26H,7,17H2. The first-order valence-electron chi connectivity index (χ1n) is 13.1. The van der Waals surface area contributed by atoms with E-state index in [1.165, 1.54) is 16.6 Å². The van der Waals surface area contributed by atoms with Crippen LogP contribution < -0.4 is 4.90 Å². The van der Waals surface area contributed by atoms with Crippen molar-refractivity contribution in [3.05, 3.63) is 151 Å². The average molecular weight is 487 g/mol. The lowest BCUT2D eigenvalue weighted by atomic mass is 10.0. The molecule has 38 heavy (non-hydrogen) atoms. The highest BCUT2D eigenvalue weighted by Gasteiger charge is 2.20. The number of benzene rings is 4. The summed E-state index contributed by atoms with van der Waals surface area (Å²) in [5.41, 5.74) is 9.20. The molecule has 0 N–H and O–H groups in total. The summed E-state index contributed by atoms with van der Waals surface area (Å²) in [4.78, 5) is 2.39. The summed E-state index contributed by atoms with van der Waals surface area (Å²) < 4.78 is 2.34. The Bertz CT molecular complexity index is 1810. The molecule has 0 fully saturated rings. The number of para-hydroxylation sites is 4. The van der Waals surface area contributed by atoms with E-state index in [0.717, 1.165) is 51.9 Å². The second kappa shape index (κ2) is 9.47. The first kappa shape index (κ1) is 22.2. The van der Waals surface area contributed by atoms with Crippen LogP contribution in [0.3, 0.4) is 0 Å². The maximum Gasteiger partial charge on any atom is 0.0638 e. The van der Waals surface area contributed by atoms with Crippen LogP contribution >= 0.6 is 0 Å². The molecule has 0 saturated carbocycles. The Morgan fingerprint density at radius 2 is 1.42 bits per heavy atom. The van der Waals surface area contributed by atoms with Gasteiger partial charge in [0.05, 0.1) is 22.1 Å². The van der Waals surface area contributed by atoms with Gasteiger partial charge in [0, 0.05) is 33.6 Å². The number of aromatic nitrogens is 1. The Morgan fingerprint density at radius 3 is 2.24 bits per heavy atom. The van der Waals surface area contributed by atoms with Gasteiger partial charge in [0.15, 0.2) is 0 Å². The van der Waals surface area contributed by atoms with Crippen LogP contribution in [0.15, 0.2) is 139 Å². The molecule has 5 aromatic carbocycles. The van der Waals surface area contributed by atoms with Gasteiger partial charge in [-0.3, -0.25) is 0 Å². The van der Waals surface area contributed by atoms with Crippen molar-refractivity contribution in [1.82, 2.24) is 4.57 Å². The molecule has 2 heteroatoms. The summed E-state index contributed by atoms with van der Waals surface area (Å²) in [6, 6.07) is 47.8. The third-order valence-electron chi connectivity index (χ3n) is 7.26. The number of rotatable bonds is 5. The molecule has 7 rings (SSSR count). The lowest BCUT2D eigenvalue weighted by Gasteiger charge is -2.30. The van der Waals surface area contributed by atoms with Gasteiger partial charge in [-0.2, -0.15) is 0 Å². The molecule has 1 aliphatic carbocycles. The lowest BCUT2D eigenvalue weighted by Crippen LogP contribution is -2.18. The van der Waals surface area contributed by atoms with Crippen molar-refractivity contribution < 1.29 is 0 Å². The van der Waals surface area contributed by atoms with E-state index >= 15 is 0 Å². The van der Waals surface area contributed by atoms with Crippen LogP contribution in [0.2, 0.25) is 0 Å². The van der Waals surface area contributed by atoms with Gasteiger partial charge in [-0.25, -0.2) is 0 Å². The zero-order valence-corrected chi connectivity index (χ0v) is 21.0. The van der Waals surface area contributed by atoms with Crippen LogP contribution in [0.1, 0.15) is 12.8 Å². The SMILES string of the molecule is c1c(-c2ccccc2N(C2=CC=CCC2)c2ccccc2)cc2c(c#1)c1ccccc1n2-c1ccccc1. The maximum absolute atomic E-state index is 3.55. The molecule has 0 bridgehead atoms. The van der Waals surface area contributed by atoms with Crippen LogP contribution in [0.4, 0.5) is 11.4 Å². The fraction of sp³-hybridized carbons (Fsp3) is 0.0556. The fourth-order valence-electron chi connectivity index (χ4n) is 5.54. The second-order valence-electron chi connectivity index (χ2n) is 9.57. The summed E-state index contributed by atoms with van der Waals surface area (Å²) >= 11 is 0. The number of anilines is 2. The van der Waals surface area contributed by atoms with E-state index in [0.29, 0.717) is 0 Å². The predicted octanol–water partition coefficient (Wildman–Crippen LogP) is 9.42. The molecule has 0 saturated heterocycles. The summed E-state index contributed by atoms with van der Waals surface area (Å²) in [5, 5.41) is 2.28. The molecule has 0 atom stereocenters. The van der Waals surface area contributed by atoms with Crippen LogP contribution in [-0.2, 0) is 0 Å². The Kier molecular flexibility index (Phi) is 5.53. The van der Waals surface area contributed by atoms with Crippen molar-refractivity contribution in [2.45, 2.75) is 12.8 Å². The van der Waals surface area contributed by atoms with Gasteiger partial charge in [0.1, 0.15) is 0 Å². The van der Waals surface area contributed by atoms with Gasteiger partial charge >= 0.3 is 0 Å². The highest BCUT2D eigenvalue weighted by Crippen LogP contribution is 2.40. The zero-order chi connectivity index (χ0) is 25.3. The topological polar surface area (TPSA) is 8.17 Å². The van der Waals surface area contributed by atoms with Crippen LogP contribution in [0.25, 0.3) is 38.6 Å². The molecule has 0 unspecified atom stereocenters. The van der Waals surface area contributed by atoms with Gasteiger partial charge in [-0.05, 0) is 61.4 Å². The number of fused-ring (bicyclic) bond motifs is 3. The van der Waals surface area contributed by atoms with Gasteiger partial charge in [0.2, 0.25) is 0 Å². The van der Waals surface area contributed by atoms with Crippen LogP contribution in [0.5, 0.6) is 0 Å². The molecule has 1 aromatic heterocycles. The van der Waals surface area contributed by atoms with Gasteiger partial charge < -0.3 is 9.47 Å². The smallest absolute Gasteiger partial charge is 0.0638 e. The summed E-state index contributed by atoms with van der Waals surface area (Å²) in [5.74, 6) is 0. The average Bonchev–Trinajstić information content (AvgIpc) is 3.33. The molecule has 2 nitrogen and oxygen atoms in total. The largest absolute Gasteiger partial charge is 0.314 e. The normalized spacial score (nSPS) is 12.9.